The van der Waals surface area contributed by atoms with E-state index < -0.39 is 8.80 Å². The minimum atomic E-state index is -2.97. The van der Waals surface area contributed by atoms with Crippen molar-refractivity contribution in [1.82, 2.24) is 0 Å². The van der Waals surface area contributed by atoms with Crippen molar-refractivity contribution in [2.75, 3.05) is 6.23 Å². The molecule has 0 amide bonds. The number of hydrogen-bond acceptors (Lipinski definition) is 4. The fourth-order valence-corrected chi connectivity index (χ4v) is 4.09. The van der Waals surface area contributed by atoms with Gasteiger partial charge in [0, 0.05) is 18.3 Å². The molecule has 0 spiro atoms. The Balaban J connectivity index is 4.81. The number of hydrogen-bond donors (Lipinski definition) is 1. The van der Waals surface area contributed by atoms with Gasteiger partial charge in [0.25, 0.3) is 0 Å². The average molecular weight is 278 g/mol. The fourth-order valence-electron chi connectivity index (χ4n) is 1.36. The lowest BCUT2D eigenvalue weighted by Gasteiger charge is -2.34. The molecule has 0 saturated heterocycles. The molecule has 110 valence electrons. The molecule has 0 bridgehead atoms. The molecular weight excluding hydrogens is 248 g/mol. The second-order valence-corrected chi connectivity index (χ2v) is 7.24. The van der Waals surface area contributed by atoms with Gasteiger partial charge in [-0.05, 0) is 40.0 Å². The summed E-state index contributed by atoms with van der Waals surface area (Å²) in [5, 5.41) is 9.70. The van der Waals surface area contributed by atoms with Crippen molar-refractivity contribution in [3.63, 3.8) is 0 Å². The predicted octanol–water partition coefficient (Wildman–Crippen LogP) is 2.90. The van der Waals surface area contributed by atoms with Crippen LogP contribution in [-0.4, -0.2) is 38.5 Å². The van der Waals surface area contributed by atoms with Gasteiger partial charge < -0.3 is 18.4 Å². The first-order valence-corrected chi connectivity index (χ1v) is 9.00. The largest absolute Gasteiger partial charge is 0.528 e. The molecule has 1 N–H and O–H groups in total. The summed E-state index contributed by atoms with van der Waals surface area (Å²) >= 11 is 0. The minimum Gasteiger partial charge on any atom is -0.392 e. The van der Waals surface area contributed by atoms with Crippen LogP contribution >= 0.6 is 0 Å². The highest BCUT2D eigenvalue weighted by Gasteiger charge is 2.44. The predicted molar refractivity (Wildman–Crippen MR) is 75.4 cm³/mol. The Morgan fingerprint density at radius 3 is 1.22 bits per heavy atom. The molecule has 0 radical (unpaired) electrons. The van der Waals surface area contributed by atoms with Gasteiger partial charge in [0.05, 0.1) is 0 Å². The molecule has 0 aromatic rings. The van der Waals surface area contributed by atoms with Gasteiger partial charge in [-0.25, -0.2) is 0 Å². The Kier molecular flexibility index (Phi) is 9.07. The summed E-state index contributed by atoms with van der Waals surface area (Å²) < 4.78 is 17.8. The first-order valence-electron chi connectivity index (χ1n) is 7.07. The Morgan fingerprint density at radius 1 is 0.778 bits per heavy atom. The van der Waals surface area contributed by atoms with E-state index >= 15 is 0 Å². The molecule has 0 saturated carbocycles. The van der Waals surface area contributed by atoms with Crippen molar-refractivity contribution < 1.29 is 18.4 Å². The molecule has 0 aromatic heterocycles. The lowest BCUT2D eigenvalue weighted by atomic mass is 10.3. The number of aliphatic hydroxyl groups is 1. The summed E-state index contributed by atoms with van der Waals surface area (Å²) in [6, 6.07) is 0. The maximum absolute atomic E-state index is 9.70. The molecule has 0 aliphatic carbocycles. The summed E-state index contributed by atoms with van der Waals surface area (Å²) in [7, 11) is -2.97. The van der Waals surface area contributed by atoms with Crippen LogP contribution in [0.2, 0.25) is 0 Å². The standard InChI is InChI=1S/C13H30O4Si/c1-7-11(4)15-18(10-14,16-12(5)8-2)17-13(6)9-3/h11-14H,7-10H2,1-6H3. The van der Waals surface area contributed by atoms with Crippen LogP contribution in [0, 0.1) is 0 Å². The van der Waals surface area contributed by atoms with Crippen LogP contribution in [0.5, 0.6) is 0 Å². The topological polar surface area (TPSA) is 47.9 Å². The van der Waals surface area contributed by atoms with Crippen LogP contribution in [0.3, 0.4) is 0 Å². The molecule has 0 aromatic carbocycles. The lowest BCUT2D eigenvalue weighted by Crippen LogP contribution is -2.55. The van der Waals surface area contributed by atoms with Gasteiger partial charge in [-0.3, -0.25) is 0 Å². The maximum atomic E-state index is 9.70. The molecule has 0 heterocycles. The molecule has 0 fully saturated rings. The third-order valence-corrected chi connectivity index (χ3v) is 5.73. The summed E-state index contributed by atoms with van der Waals surface area (Å²) in [6.45, 7) is 12.1. The van der Waals surface area contributed by atoms with Gasteiger partial charge in [0.1, 0.15) is 6.23 Å². The second-order valence-electron chi connectivity index (χ2n) is 4.85. The van der Waals surface area contributed by atoms with Gasteiger partial charge in [-0.2, -0.15) is 0 Å². The summed E-state index contributed by atoms with van der Waals surface area (Å²) in [4.78, 5) is 0. The normalized spacial score (nSPS) is 20.2. The van der Waals surface area contributed by atoms with E-state index in [4.69, 9.17) is 13.3 Å². The molecule has 18 heavy (non-hydrogen) atoms. The zero-order valence-corrected chi connectivity index (χ0v) is 13.7. The third-order valence-electron chi connectivity index (χ3n) is 3.06. The summed E-state index contributed by atoms with van der Waals surface area (Å²) in [5.41, 5.74) is 0. The van der Waals surface area contributed by atoms with Gasteiger partial charge >= 0.3 is 8.80 Å². The van der Waals surface area contributed by atoms with Crippen LogP contribution in [0.1, 0.15) is 60.8 Å². The highest BCUT2D eigenvalue weighted by Crippen LogP contribution is 2.20. The molecule has 0 rings (SSSR count). The quantitative estimate of drug-likeness (QED) is 0.624. The molecule has 4 nitrogen and oxygen atoms in total. The number of rotatable bonds is 10. The van der Waals surface area contributed by atoms with E-state index in [1.165, 1.54) is 0 Å². The highest BCUT2D eigenvalue weighted by atomic mass is 28.4. The van der Waals surface area contributed by atoms with Gasteiger partial charge in [-0.1, -0.05) is 20.8 Å². The second kappa shape index (κ2) is 9.04. The Morgan fingerprint density at radius 2 is 1.06 bits per heavy atom. The molecule has 0 aliphatic heterocycles. The van der Waals surface area contributed by atoms with E-state index in [9.17, 15) is 5.11 Å². The van der Waals surface area contributed by atoms with Gasteiger partial charge in [0.2, 0.25) is 0 Å². The average Bonchev–Trinajstić information content (AvgIpc) is 2.37. The summed E-state index contributed by atoms with van der Waals surface area (Å²) in [5.74, 6) is 0. The van der Waals surface area contributed by atoms with Crippen LogP contribution in [0.4, 0.5) is 0 Å². The fraction of sp³-hybridized carbons (Fsp3) is 1.00. The first-order chi connectivity index (χ1) is 8.42. The molecular formula is C13H30O4Si. The zero-order chi connectivity index (χ0) is 14.2. The van der Waals surface area contributed by atoms with Crippen LogP contribution in [0.25, 0.3) is 0 Å². The van der Waals surface area contributed by atoms with Crippen LogP contribution in [-0.2, 0) is 13.3 Å². The van der Waals surface area contributed by atoms with E-state index in [0.717, 1.165) is 19.3 Å². The van der Waals surface area contributed by atoms with Crippen molar-refractivity contribution in [1.29, 1.82) is 0 Å². The smallest absolute Gasteiger partial charge is 0.392 e. The monoisotopic (exact) mass is 278 g/mol. The van der Waals surface area contributed by atoms with Crippen molar-refractivity contribution in [2.24, 2.45) is 0 Å². The minimum absolute atomic E-state index is 0.0388. The van der Waals surface area contributed by atoms with Crippen molar-refractivity contribution in [2.45, 2.75) is 79.1 Å². The van der Waals surface area contributed by atoms with E-state index in [2.05, 4.69) is 0 Å². The molecule has 0 aliphatic rings. The number of aliphatic hydroxyl groups excluding tert-OH is 1. The van der Waals surface area contributed by atoms with E-state index in [-0.39, 0.29) is 24.5 Å². The highest BCUT2D eigenvalue weighted by molar-refractivity contribution is 6.60. The zero-order valence-electron chi connectivity index (χ0n) is 12.7. The van der Waals surface area contributed by atoms with Crippen LogP contribution < -0.4 is 0 Å². The van der Waals surface area contributed by atoms with Gasteiger partial charge in [-0.15, -0.1) is 0 Å². The van der Waals surface area contributed by atoms with E-state index in [0.29, 0.717) is 0 Å². The Bertz CT molecular complexity index is 182. The van der Waals surface area contributed by atoms with Gasteiger partial charge in [0.15, 0.2) is 0 Å². The SMILES string of the molecule is CCC(C)O[Si](CO)(OC(C)CC)OC(C)CC. The molecule has 3 atom stereocenters. The molecule has 5 heteroatoms. The Labute approximate surface area is 113 Å². The first kappa shape index (κ1) is 18.1. The van der Waals surface area contributed by atoms with E-state index in [1.54, 1.807) is 0 Å². The van der Waals surface area contributed by atoms with Crippen LogP contribution in [0.15, 0.2) is 0 Å². The molecule has 3 unspecified atom stereocenters. The van der Waals surface area contributed by atoms with Crippen molar-refractivity contribution >= 4 is 8.80 Å². The maximum Gasteiger partial charge on any atom is 0.528 e. The van der Waals surface area contributed by atoms with Crippen molar-refractivity contribution in [3.8, 4) is 0 Å². The lowest BCUT2D eigenvalue weighted by molar-refractivity contribution is -0.0239. The summed E-state index contributed by atoms with van der Waals surface area (Å²) in [6.07, 6.45) is 2.59. The van der Waals surface area contributed by atoms with Crippen molar-refractivity contribution in [3.05, 3.63) is 0 Å². The third kappa shape index (κ3) is 6.29. The van der Waals surface area contributed by atoms with E-state index in [1.807, 2.05) is 41.5 Å². The Hall–Kier alpha value is 0.0569.